The largest absolute Gasteiger partial charge is 0.351 e. The van der Waals surface area contributed by atoms with Gasteiger partial charge in [-0.1, -0.05) is 18.2 Å². The summed E-state index contributed by atoms with van der Waals surface area (Å²) >= 11 is 0. The standard InChI is InChI=1S/C21H20FN3O3/c22-14-5-8-16-17(11-19(26)24-18(16)10-14)21(28)23-12-13-3-6-15(7-4-13)25-9-1-2-20(25)27/h3-8,10,17H,1-2,9,11-12H2,(H,23,28)(H,24,26). The third kappa shape index (κ3) is 3.60. The molecule has 2 N–H and O–H groups in total. The molecule has 0 saturated carbocycles. The van der Waals surface area contributed by atoms with Crippen LogP contribution in [0.25, 0.3) is 0 Å². The molecule has 2 aromatic carbocycles. The van der Waals surface area contributed by atoms with E-state index in [9.17, 15) is 18.8 Å². The van der Waals surface area contributed by atoms with Crippen LogP contribution in [0.3, 0.4) is 0 Å². The number of rotatable bonds is 4. The monoisotopic (exact) mass is 381 g/mol. The Hall–Kier alpha value is -3.22. The van der Waals surface area contributed by atoms with Gasteiger partial charge in [-0.25, -0.2) is 4.39 Å². The minimum Gasteiger partial charge on any atom is -0.351 e. The fraction of sp³-hybridized carbons (Fsp3) is 0.286. The van der Waals surface area contributed by atoms with E-state index in [0.29, 0.717) is 24.2 Å². The van der Waals surface area contributed by atoms with E-state index in [1.54, 1.807) is 4.90 Å². The van der Waals surface area contributed by atoms with Gasteiger partial charge in [-0.15, -0.1) is 0 Å². The number of halogens is 1. The molecule has 28 heavy (non-hydrogen) atoms. The first kappa shape index (κ1) is 18.2. The maximum Gasteiger partial charge on any atom is 0.228 e. The summed E-state index contributed by atoms with van der Waals surface area (Å²) in [5.41, 5.74) is 2.71. The highest BCUT2D eigenvalue weighted by molar-refractivity contribution is 6.01. The predicted octanol–water partition coefficient (Wildman–Crippen LogP) is 2.69. The molecule has 0 spiro atoms. The van der Waals surface area contributed by atoms with Gasteiger partial charge >= 0.3 is 0 Å². The van der Waals surface area contributed by atoms with Crippen LogP contribution in [0.2, 0.25) is 0 Å². The number of nitrogens with one attached hydrogen (secondary N) is 2. The molecule has 7 heteroatoms. The summed E-state index contributed by atoms with van der Waals surface area (Å²) in [5.74, 6) is -1.56. The number of amides is 3. The van der Waals surface area contributed by atoms with Crippen LogP contribution in [0.4, 0.5) is 15.8 Å². The highest BCUT2D eigenvalue weighted by atomic mass is 19.1. The Morgan fingerprint density at radius 3 is 2.68 bits per heavy atom. The predicted molar refractivity (Wildman–Crippen MR) is 102 cm³/mol. The number of fused-ring (bicyclic) bond motifs is 1. The van der Waals surface area contributed by atoms with E-state index in [2.05, 4.69) is 10.6 Å². The second-order valence-electron chi connectivity index (χ2n) is 7.07. The topological polar surface area (TPSA) is 78.5 Å². The summed E-state index contributed by atoms with van der Waals surface area (Å²) in [5, 5.41) is 5.45. The van der Waals surface area contributed by atoms with E-state index in [4.69, 9.17) is 0 Å². The second-order valence-corrected chi connectivity index (χ2v) is 7.07. The Labute approximate surface area is 161 Å². The minimum atomic E-state index is -0.647. The fourth-order valence-corrected chi connectivity index (χ4v) is 3.70. The molecule has 3 amide bonds. The van der Waals surface area contributed by atoms with Crippen molar-refractivity contribution in [2.75, 3.05) is 16.8 Å². The maximum absolute atomic E-state index is 13.4. The van der Waals surface area contributed by atoms with Gasteiger partial charge in [0.1, 0.15) is 5.82 Å². The van der Waals surface area contributed by atoms with Gasteiger partial charge in [-0.05, 0) is 41.8 Å². The van der Waals surface area contributed by atoms with Gasteiger partial charge in [-0.2, -0.15) is 0 Å². The molecule has 2 heterocycles. The van der Waals surface area contributed by atoms with Crippen LogP contribution in [-0.2, 0) is 20.9 Å². The van der Waals surface area contributed by atoms with E-state index in [1.807, 2.05) is 24.3 Å². The van der Waals surface area contributed by atoms with Crippen molar-refractivity contribution in [1.29, 1.82) is 0 Å². The zero-order valence-electron chi connectivity index (χ0n) is 15.2. The number of hydrogen-bond donors (Lipinski definition) is 2. The molecule has 2 aromatic rings. The lowest BCUT2D eigenvalue weighted by Crippen LogP contribution is -2.34. The van der Waals surface area contributed by atoms with Crippen molar-refractivity contribution in [1.82, 2.24) is 5.32 Å². The molecule has 2 aliphatic rings. The number of carbonyl (C=O) groups excluding carboxylic acids is 3. The quantitative estimate of drug-likeness (QED) is 0.855. The van der Waals surface area contributed by atoms with Gasteiger partial charge in [-0.3, -0.25) is 14.4 Å². The highest BCUT2D eigenvalue weighted by Crippen LogP contribution is 2.33. The van der Waals surface area contributed by atoms with Crippen molar-refractivity contribution in [3.63, 3.8) is 0 Å². The van der Waals surface area contributed by atoms with Crippen molar-refractivity contribution in [2.45, 2.75) is 31.7 Å². The van der Waals surface area contributed by atoms with Crippen LogP contribution in [0.1, 0.15) is 36.3 Å². The van der Waals surface area contributed by atoms with Gasteiger partial charge < -0.3 is 15.5 Å². The molecule has 1 unspecified atom stereocenters. The molecular weight excluding hydrogens is 361 g/mol. The Balaban J connectivity index is 1.42. The normalized spacial score (nSPS) is 18.6. The summed E-state index contributed by atoms with van der Waals surface area (Å²) in [4.78, 5) is 38.1. The van der Waals surface area contributed by atoms with Gasteiger partial charge in [0.15, 0.2) is 0 Å². The summed E-state index contributed by atoms with van der Waals surface area (Å²) in [6.45, 7) is 1.04. The summed E-state index contributed by atoms with van der Waals surface area (Å²) in [7, 11) is 0. The van der Waals surface area contributed by atoms with Crippen molar-refractivity contribution in [3.05, 3.63) is 59.4 Å². The van der Waals surface area contributed by atoms with Crippen LogP contribution < -0.4 is 15.5 Å². The third-order valence-corrected chi connectivity index (χ3v) is 5.16. The van der Waals surface area contributed by atoms with Crippen LogP contribution in [-0.4, -0.2) is 24.3 Å². The number of carbonyl (C=O) groups is 3. The Morgan fingerprint density at radius 1 is 1.18 bits per heavy atom. The molecule has 1 fully saturated rings. The zero-order valence-corrected chi connectivity index (χ0v) is 15.2. The molecule has 2 aliphatic heterocycles. The smallest absolute Gasteiger partial charge is 0.228 e. The molecule has 4 rings (SSSR count). The average molecular weight is 381 g/mol. The van der Waals surface area contributed by atoms with Crippen LogP contribution in [0.15, 0.2) is 42.5 Å². The lowest BCUT2D eigenvalue weighted by atomic mass is 9.89. The van der Waals surface area contributed by atoms with E-state index >= 15 is 0 Å². The van der Waals surface area contributed by atoms with Gasteiger partial charge in [0.25, 0.3) is 0 Å². The lowest BCUT2D eigenvalue weighted by Gasteiger charge is -2.25. The van der Waals surface area contributed by atoms with Crippen LogP contribution in [0, 0.1) is 5.82 Å². The van der Waals surface area contributed by atoms with Gasteiger partial charge in [0.2, 0.25) is 17.7 Å². The zero-order chi connectivity index (χ0) is 19.7. The van der Waals surface area contributed by atoms with Crippen LogP contribution >= 0.6 is 0 Å². The first-order valence-corrected chi connectivity index (χ1v) is 9.27. The lowest BCUT2D eigenvalue weighted by molar-refractivity contribution is -0.126. The molecular formula is C21H20FN3O3. The minimum absolute atomic E-state index is 0.0282. The van der Waals surface area contributed by atoms with E-state index < -0.39 is 11.7 Å². The average Bonchev–Trinajstić information content (AvgIpc) is 3.11. The first-order valence-electron chi connectivity index (χ1n) is 9.27. The number of hydrogen-bond acceptors (Lipinski definition) is 3. The summed E-state index contributed by atoms with van der Waals surface area (Å²) < 4.78 is 13.4. The van der Waals surface area contributed by atoms with Gasteiger partial charge in [0, 0.05) is 37.3 Å². The van der Waals surface area contributed by atoms with E-state index in [-0.39, 0.29) is 24.1 Å². The molecule has 144 valence electrons. The first-order chi connectivity index (χ1) is 13.5. The SMILES string of the molecule is O=C1CC(C(=O)NCc2ccc(N3CCCC3=O)cc2)c2ccc(F)cc2N1. The van der Waals surface area contributed by atoms with E-state index in [1.165, 1.54) is 18.2 Å². The molecule has 1 saturated heterocycles. The Kier molecular flexibility index (Phi) is 4.81. The molecule has 0 aromatic heterocycles. The van der Waals surface area contributed by atoms with Crippen molar-refractivity contribution < 1.29 is 18.8 Å². The highest BCUT2D eigenvalue weighted by Gasteiger charge is 2.30. The molecule has 1 atom stereocenters. The second kappa shape index (κ2) is 7.42. The van der Waals surface area contributed by atoms with Crippen molar-refractivity contribution in [2.24, 2.45) is 0 Å². The number of nitrogens with zero attached hydrogens (tertiary/aromatic N) is 1. The van der Waals surface area contributed by atoms with Gasteiger partial charge in [0.05, 0.1) is 5.92 Å². The van der Waals surface area contributed by atoms with Crippen LogP contribution in [0.5, 0.6) is 0 Å². The Morgan fingerprint density at radius 2 is 1.96 bits per heavy atom. The summed E-state index contributed by atoms with van der Waals surface area (Å²) in [6, 6.07) is 11.5. The van der Waals surface area contributed by atoms with Crippen molar-refractivity contribution >= 4 is 29.1 Å². The number of benzene rings is 2. The molecule has 0 aliphatic carbocycles. The Bertz CT molecular complexity index is 942. The molecule has 0 bridgehead atoms. The number of anilines is 2. The third-order valence-electron chi connectivity index (χ3n) is 5.16. The maximum atomic E-state index is 13.4. The molecule has 0 radical (unpaired) electrons. The fourth-order valence-electron chi connectivity index (χ4n) is 3.70. The van der Waals surface area contributed by atoms with E-state index in [0.717, 1.165) is 24.2 Å². The summed E-state index contributed by atoms with van der Waals surface area (Å²) in [6.07, 6.45) is 1.48. The molecule has 6 nitrogen and oxygen atoms in total. The van der Waals surface area contributed by atoms with Crippen molar-refractivity contribution in [3.8, 4) is 0 Å².